The molecule has 0 saturated carbocycles. The number of rotatable bonds is 9. The lowest BCUT2D eigenvalue weighted by atomic mass is 9.95. The first-order valence-corrected chi connectivity index (χ1v) is 15.3. The number of aromatic nitrogens is 2. The van der Waals surface area contributed by atoms with Crippen molar-refractivity contribution in [3.63, 3.8) is 0 Å². The molecule has 0 radical (unpaired) electrons. The van der Waals surface area contributed by atoms with Crippen LogP contribution in [-0.4, -0.2) is 48.5 Å². The van der Waals surface area contributed by atoms with Crippen molar-refractivity contribution < 1.29 is 28.5 Å². The first kappa shape index (κ1) is 31.5. The second kappa shape index (κ2) is 13.0. The molecule has 3 heterocycles. The van der Waals surface area contributed by atoms with Gasteiger partial charge in [-0.05, 0) is 94.3 Å². The van der Waals surface area contributed by atoms with E-state index in [0.717, 1.165) is 22.6 Å². The van der Waals surface area contributed by atoms with Crippen LogP contribution in [0, 0.1) is 13.8 Å². The molecule has 0 bridgehead atoms. The van der Waals surface area contributed by atoms with Crippen molar-refractivity contribution in [2.24, 2.45) is 4.99 Å². The summed E-state index contributed by atoms with van der Waals surface area (Å²) in [4.78, 5) is 44.7. The molecule has 11 heteroatoms. The van der Waals surface area contributed by atoms with Gasteiger partial charge in [0, 0.05) is 17.1 Å². The lowest BCUT2D eigenvalue weighted by molar-refractivity contribution is -0.139. The number of esters is 2. The van der Waals surface area contributed by atoms with Crippen molar-refractivity contribution >= 4 is 29.4 Å². The van der Waals surface area contributed by atoms with E-state index in [1.165, 1.54) is 18.4 Å². The maximum absolute atomic E-state index is 14.1. The molecule has 234 valence electrons. The van der Waals surface area contributed by atoms with Crippen LogP contribution < -0.4 is 24.4 Å². The van der Waals surface area contributed by atoms with Gasteiger partial charge in [-0.25, -0.2) is 14.6 Å². The van der Waals surface area contributed by atoms with Gasteiger partial charge < -0.3 is 23.5 Å². The van der Waals surface area contributed by atoms with Gasteiger partial charge in [-0.2, -0.15) is 0 Å². The molecule has 1 aliphatic heterocycles. The summed E-state index contributed by atoms with van der Waals surface area (Å²) in [6.45, 7) is 9.71. The maximum atomic E-state index is 14.1. The Balaban J connectivity index is 1.63. The number of hydrogen-bond acceptors (Lipinski definition) is 9. The monoisotopic (exact) mass is 629 g/mol. The van der Waals surface area contributed by atoms with Crippen molar-refractivity contribution in [2.45, 2.75) is 40.7 Å². The van der Waals surface area contributed by atoms with E-state index in [1.54, 1.807) is 56.7 Å². The molecule has 5 rings (SSSR count). The number of ether oxygens (including phenoxy) is 4. The Labute approximate surface area is 264 Å². The van der Waals surface area contributed by atoms with Crippen molar-refractivity contribution in [3.8, 4) is 17.2 Å². The van der Waals surface area contributed by atoms with Gasteiger partial charge in [0.2, 0.25) is 0 Å². The summed E-state index contributed by atoms with van der Waals surface area (Å²) in [5.74, 6) is 0.0924. The second-order valence-corrected chi connectivity index (χ2v) is 11.4. The van der Waals surface area contributed by atoms with Crippen LogP contribution in [0.2, 0.25) is 0 Å². The van der Waals surface area contributed by atoms with E-state index in [2.05, 4.69) is 9.56 Å². The van der Waals surface area contributed by atoms with Gasteiger partial charge in [-0.1, -0.05) is 17.4 Å². The van der Waals surface area contributed by atoms with Crippen molar-refractivity contribution in [1.82, 2.24) is 9.13 Å². The minimum atomic E-state index is -0.785. The number of benzene rings is 2. The summed E-state index contributed by atoms with van der Waals surface area (Å²) in [7, 11) is 3.08. The van der Waals surface area contributed by atoms with Crippen LogP contribution in [0.3, 0.4) is 0 Å². The van der Waals surface area contributed by atoms with E-state index in [1.807, 2.05) is 44.2 Å². The molecule has 45 heavy (non-hydrogen) atoms. The summed E-state index contributed by atoms with van der Waals surface area (Å²) in [6.07, 6.45) is 1.85. The first-order valence-electron chi connectivity index (χ1n) is 14.5. The van der Waals surface area contributed by atoms with E-state index in [9.17, 15) is 14.4 Å². The normalized spacial score (nSPS) is 14.6. The van der Waals surface area contributed by atoms with Crippen LogP contribution in [0.25, 0.3) is 11.8 Å². The topological polar surface area (TPSA) is 110 Å². The molecule has 0 amide bonds. The number of allylic oxidation sites excluding steroid dienone is 1. The predicted octanol–water partition coefficient (Wildman–Crippen LogP) is 4.40. The lowest BCUT2D eigenvalue weighted by Crippen LogP contribution is -2.40. The smallest absolute Gasteiger partial charge is 0.338 e. The summed E-state index contributed by atoms with van der Waals surface area (Å²) in [6, 6.07) is 13.8. The average Bonchev–Trinajstić information content (AvgIpc) is 3.49. The highest BCUT2D eigenvalue weighted by Gasteiger charge is 2.34. The summed E-state index contributed by atoms with van der Waals surface area (Å²) >= 11 is 1.26. The molecule has 2 aromatic heterocycles. The highest BCUT2D eigenvalue weighted by Crippen LogP contribution is 2.36. The Morgan fingerprint density at radius 1 is 0.911 bits per heavy atom. The molecular formula is C34H35N3O7S. The molecule has 0 spiro atoms. The van der Waals surface area contributed by atoms with Crippen LogP contribution in [0.5, 0.6) is 11.5 Å². The molecule has 1 atom stereocenters. The zero-order valence-corrected chi connectivity index (χ0v) is 27.1. The molecule has 2 aromatic carbocycles. The number of aryl methyl sites for hydroxylation is 1. The third-order valence-electron chi connectivity index (χ3n) is 7.63. The van der Waals surface area contributed by atoms with Gasteiger partial charge in [-0.15, -0.1) is 0 Å². The molecule has 0 N–H and O–H groups in total. The zero-order chi connectivity index (χ0) is 32.4. The Morgan fingerprint density at radius 2 is 1.58 bits per heavy atom. The number of fused-ring (bicyclic) bond motifs is 1. The van der Waals surface area contributed by atoms with E-state index < -0.39 is 12.0 Å². The van der Waals surface area contributed by atoms with Crippen LogP contribution in [0.1, 0.15) is 59.7 Å². The fraction of sp³-hybridized carbons (Fsp3) is 0.294. The quantitative estimate of drug-likeness (QED) is 0.253. The number of carbonyl (C=O) groups excluding carboxylic acids is 2. The van der Waals surface area contributed by atoms with Crippen LogP contribution in [0.4, 0.5) is 0 Å². The summed E-state index contributed by atoms with van der Waals surface area (Å²) in [5, 5.41) is 0. The molecular weight excluding hydrogens is 594 g/mol. The SMILES string of the molecule is CCOC(=O)C1=C(C)N=c2s/c(=C\c3cc(C)n(-c4ccc(C(=O)OCC)cc4)c3C)c(=O)n2[C@@H]1c1ccc(OC)c(OC)c1. The minimum Gasteiger partial charge on any atom is -0.493 e. The second-order valence-electron chi connectivity index (χ2n) is 10.3. The van der Waals surface area contributed by atoms with Gasteiger partial charge in [0.25, 0.3) is 5.56 Å². The number of carbonyl (C=O) groups is 2. The Kier molecular flexibility index (Phi) is 9.10. The highest BCUT2D eigenvalue weighted by molar-refractivity contribution is 7.07. The lowest BCUT2D eigenvalue weighted by Gasteiger charge is -2.25. The Morgan fingerprint density at radius 3 is 2.22 bits per heavy atom. The fourth-order valence-electron chi connectivity index (χ4n) is 5.56. The molecule has 1 aliphatic rings. The van der Waals surface area contributed by atoms with E-state index in [4.69, 9.17) is 18.9 Å². The predicted molar refractivity (Wildman–Crippen MR) is 171 cm³/mol. The average molecular weight is 630 g/mol. The molecule has 4 aromatic rings. The zero-order valence-electron chi connectivity index (χ0n) is 26.3. The Bertz CT molecular complexity index is 2000. The summed E-state index contributed by atoms with van der Waals surface area (Å²) in [5.41, 5.74) is 5.22. The largest absolute Gasteiger partial charge is 0.493 e. The van der Waals surface area contributed by atoms with Crippen LogP contribution >= 0.6 is 11.3 Å². The van der Waals surface area contributed by atoms with Crippen LogP contribution in [0.15, 0.2) is 69.6 Å². The van der Waals surface area contributed by atoms with Crippen LogP contribution in [-0.2, 0) is 14.3 Å². The highest BCUT2D eigenvalue weighted by atomic mass is 32.1. The van der Waals surface area contributed by atoms with E-state index in [-0.39, 0.29) is 23.7 Å². The maximum Gasteiger partial charge on any atom is 0.338 e. The molecule has 0 unspecified atom stereocenters. The summed E-state index contributed by atoms with van der Waals surface area (Å²) < 4.78 is 25.5. The van der Waals surface area contributed by atoms with Gasteiger partial charge in [-0.3, -0.25) is 9.36 Å². The molecule has 0 fully saturated rings. The third kappa shape index (κ3) is 5.83. The Hall–Kier alpha value is -4.90. The van der Waals surface area contributed by atoms with Gasteiger partial charge >= 0.3 is 11.9 Å². The molecule has 0 saturated heterocycles. The number of hydrogen-bond donors (Lipinski definition) is 0. The van der Waals surface area contributed by atoms with Crippen molar-refractivity contribution in [2.75, 3.05) is 27.4 Å². The molecule has 10 nitrogen and oxygen atoms in total. The van der Waals surface area contributed by atoms with Crippen molar-refractivity contribution in [3.05, 3.63) is 108 Å². The minimum absolute atomic E-state index is 0.180. The van der Waals surface area contributed by atoms with Gasteiger partial charge in [0.15, 0.2) is 16.3 Å². The van der Waals surface area contributed by atoms with Gasteiger partial charge in [0.1, 0.15) is 0 Å². The number of nitrogens with zero attached hydrogens (tertiary/aromatic N) is 3. The third-order valence-corrected chi connectivity index (χ3v) is 8.62. The number of thiazole rings is 1. The van der Waals surface area contributed by atoms with Crippen molar-refractivity contribution in [1.29, 1.82) is 0 Å². The fourth-order valence-corrected chi connectivity index (χ4v) is 6.60. The standard InChI is InChI=1S/C34H35N3O7S/c1-8-43-32(39)22-10-13-25(14-11-22)36-19(3)16-24(21(36)5)18-28-31(38)37-30(23-12-15-26(41-6)27(17-23)42-7)29(33(40)44-9-2)20(4)35-34(37)45-28/h10-18,30H,8-9H2,1-7H3/b28-18-/t30-/m1/s1. The van der Waals surface area contributed by atoms with Gasteiger partial charge in [0.05, 0.1) is 54.8 Å². The first-order chi connectivity index (χ1) is 21.6. The van der Waals surface area contributed by atoms with E-state index in [0.29, 0.717) is 44.3 Å². The number of methoxy groups -OCH3 is 2. The molecule has 0 aliphatic carbocycles. The van der Waals surface area contributed by atoms with E-state index >= 15 is 0 Å².